The number of ether oxygens (including phenoxy) is 1. The molecule has 0 atom stereocenters. The van der Waals surface area contributed by atoms with Gasteiger partial charge in [-0.15, -0.1) is 0 Å². The Morgan fingerprint density at radius 3 is 2.23 bits per heavy atom. The summed E-state index contributed by atoms with van der Waals surface area (Å²) >= 11 is 0. The van der Waals surface area contributed by atoms with Gasteiger partial charge in [0.2, 0.25) is 0 Å². The number of rotatable bonds is 7. The van der Waals surface area contributed by atoms with Crippen molar-refractivity contribution in [1.29, 1.82) is 0 Å². The third kappa shape index (κ3) is 4.92. The quantitative estimate of drug-likeness (QED) is 0.139. The highest BCUT2D eigenvalue weighted by Gasteiger charge is 2.17. The molecule has 0 saturated carbocycles. The van der Waals surface area contributed by atoms with Crippen LogP contribution in [0.3, 0.4) is 0 Å². The van der Waals surface area contributed by atoms with E-state index < -0.39 is 0 Å². The molecule has 44 heavy (non-hydrogen) atoms. The lowest BCUT2D eigenvalue weighted by Gasteiger charge is -2.14. The molecule has 0 bridgehead atoms. The summed E-state index contributed by atoms with van der Waals surface area (Å²) < 4.78 is 16.7. The number of oxazole rings is 1. The molecule has 5 heteroatoms. The van der Waals surface area contributed by atoms with Crippen molar-refractivity contribution in [3.63, 3.8) is 0 Å². The topological polar surface area (TPSA) is 44.1 Å². The fourth-order valence-electron chi connectivity index (χ4n) is 5.93. The minimum atomic E-state index is 0.312. The van der Waals surface area contributed by atoms with E-state index in [-0.39, 0.29) is 0 Å². The Kier molecular flexibility index (Phi) is 6.97. The van der Waals surface area contributed by atoms with Crippen molar-refractivity contribution >= 4 is 32.9 Å². The van der Waals surface area contributed by atoms with E-state index >= 15 is 0 Å². The number of hydrogen-bond acceptors (Lipinski definition) is 3. The molecule has 7 aromatic rings. The van der Waals surface area contributed by atoms with Crippen molar-refractivity contribution in [3.05, 3.63) is 120 Å². The Bertz CT molecular complexity index is 2150. The fraction of sp³-hybridized carbons (Fsp3) is 0.231. The van der Waals surface area contributed by atoms with E-state index in [2.05, 4.69) is 137 Å². The van der Waals surface area contributed by atoms with E-state index in [1.54, 1.807) is 0 Å². The van der Waals surface area contributed by atoms with Gasteiger partial charge in [0.15, 0.2) is 0 Å². The van der Waals surface area contributed by atoms with Gasteiger partial charge in [-0.25, -0.2) is 9.55 Å². The number of hydrogen-bond donors (Lipinski definition) is 0. The van der Waals surface area contributed by atoms with E-state index in [4.69, 9.17) is 14.1 Å². The zero-order valence-corrected chi connectivity index (χ0v) is 26.1. The van der Waals surface area contributed by atoms with Gasteiger partial charge >= 0.3 is 6.39 Å². The van der Waals surface area contributed by atoms with E-state index in [0.29, 0.717) is 17.8 Å². The molecular weight excluding hydrogens is 542 g/mol. The van der Waals surface area contributed by atoms with Gasteiger partial charge in [0.1, 0.15) is 28.5 Å². The molecule has 4 aromatic carbocycles. The molecule has 5 nitrogen and oxygen atoms in total. The van der Waals surface area contributed by atoms with Crippen LogP contribution in [-0.4, -0.2) is 9.55 Å². The zero-order valence-electron chi connectivity index (χ0n) is 26.1. The number of benzene rings is 4. The molecule has 0 fully saturated rings. The van der Waals surface area contributed by atoms with Crippen LogP contribution in [0.25, 0.3) is 44.4 Å². The van der Waals surface area contributed by atoms with E-state index in [1.165, 1.54) is 22.1 Å². The van der Waals surface area contributed by atoms with Crippen LogP contribution in [0.15, 0.2) is 102 Å². The first kappa shape index (κ1) is 27.9. The summed E-state index contributed by atoms with van der Waals surface area (Å²) in [4.78, 5) is 4.80. The molecule has 0 aliphatic heterocycles. The van der Waals surface area contributed by atoms with Crippen LogP contribution in [0, 0.1) is 6.39 Å². The molecule has 0 unspecified atom stereocenters. The fourth-order valence-corrected chi connectivity index (χ4v) is 5.93. The SMILES string of the molecule is CC(C)c1cc(Oc2ccc3c4ccccc4n(-c4cc(C(C)C)ccn4)c3c2)cc(-[n+]2[c-]oc3ccc(C(C)C)cc32)c1. The third-order valence-corrected chi connectivity index (χ3v) is 8.52. The van der Waals surface area contributed by atoms with E-state index in [1.807, 2.05) is 16.8 Å². The maximum Gasteiger partial charge on any atom is 0.356 e. The largest absolute Gasteiger partial charge is 0.498 e. The molecule has 0 spiro atoms. The second-order valence-corrected chi connectivity index (χ2v) is 12.6. The normalized spacial score (nSPS) is 12.0. The van der Waals surface area contributed by atoms with Gasteiger partial charge in [-0.1, -0.05) is 71.9 Å². The van der Waals surface area contributed by atoms with Crippen LogP contribution in [0.4, 0.5) is 0 Å². The van der Waals surface area contributed by atoms with E-state index in [9.17, 15) is 0 Å². The first-order valence-corrected chi connectivity index (χ1v) is 15.5. The third-order valence-electron chi connectivity index (χ3n) is 8.52. The van der Waals surface area contributed by atoms with Crippen LogP contribution >= 0.6 is 0 Å². The lowest BCUT2D eigenvalue weighted by atomic mass is 10.0. The number of para-hydroxylation sites is 1. The molecule has 3 heterocycles. The predicted octanol–water partition coefficient (Wildman–Crippen LogP) is 10.2. The number of fused-ring (bicyclic) bond motifs is 4. The molecule has 0 amide bonds. The van der Waals surface area contributed by atoms with Gasteiger partial charge in [-0.3, -0.25) is 4.57 Å². The van der Waals surface area contributed by atoms with Gasteiger partial charge in [0.25, 0.3) is 0 Å². The van der Waals surface area contributed by atoms with Gasteiger partial charge in [0.05, 0.1) is 16.6 Å². The second kappa shape index (κ2) is 11.0. The number of pyridine rings is 1. The summed E-state index contributed by atoms with van der Waals surface area (Å²) in [6.07, 6.45) is 5.01. The second-order valence-electron chi connectivity index (χ2n) is 12.6. The van der Waals surface area contributed by atoms with Crippen molar-refractivity contribution in [2.75, 3.05) is 0 Å². The molecule has 0 aliphatic rings. The summed E-state index contributed by atoms with van der Waals surface area (Å²) in [5, 5.41) is 2.35. The Morgan fingerprint density at radius 1 is 0.682 bits per heavy atom. The molecule has 0 saturated heterocycles. The molecule has 3 aromatic heterocycles. The highest BCUT2D eigenvalue weighted by Crippen LogP contribution is 2.36. The smallest absolute Gasteiger partial charge is 0.356 e. The summed E-state index contributed by atoms with van der Waals surface area (Å²) in [5.41, 5.74) is 8.63. The summed E-state index contributed by atoms with van der Waals surface area (Å²) in [6.45, 7) is 13.2. The van der Waals surface area contributed by atoms with Crippen molar-refractivity contribution in [3.8, 4) is 23.0 Å². The average molecular weight is 580 g/mol. The van der Waals surface area contributed by atoms with Crippen molar-refractivity contribution in [2.45, 2.75) is 59.3 Å². The minimum Gasteiger partial charge on any atom is -0.498 e. The Labute approximate surface area is 258 Å². The van der Waals surface area contributed by atoms with Crippen LogP contribution in [0.1, 0.15) is 76.0 Å². The monoisotopic (exact) mass is 579 g/mol. The van der Waals surface area contributed by atoms with Crippen molar-refractivity contribution < 1.29 is 13.7 Å². The summed E-state index contributed by atoms with van der Waals surface area (Å²) in [6, 6.07) is 31.9. The highest BCUT2D eigenvalue weighted by atomic mass is 16.5. The standard InChI is InChI=1S/C39H37N3O2/c1-24(2)27-11-14-38-37(19-27)41(23-43-38)30-17-29(26(5)6)18-32(21-30)44-31-12-13-34-33-9-7-8-10-35(33)42(36(34)22-31)39-20-28(25(3)4)15-16-40-39/h7-22,24-26H,1-6H3. The molecule has 0 N–H and O–H groups in total. The van der Waals surface area contributed by atoms with Crippen LogP contribution in [0.2, 0.25) is 0 Å². The molecular formula is C39H37N3O2. The Morgan fingerprint density at radius 2 is 1.43 bits per heavy atom. The maximum absolute atomic E-state index is 6.65. The lowest BCUT2D eigenvalue weighted by molar-refractivity contribution is -0.578. The number of aromatic nitrogens is 3. The molecule has 0 radical (unpaired) electrons. The van der Waals surface area contributed by atoms with Crippen LogP contribution < -0.4 is 9.30 Å². The number of nitrogens with zero attached hydrogens (tertiary/aromatic N) is 3. The Hall–Kier alpha value is -4.90. The lowest BCUT2D eigenvalue weighted by Crippen LogP contribution is -2.29. The van der Waals surface area contributed by atoms with Crippen molar-refractivity contribution in [2.24, 2.45) is 0 Å². The molecule has 7 rings (SSSR count). The van der Waals surface area contributed by atoms with Gasteiger partial charge in [-0.05, 0) is 83.0 Å². The summed E-state index contributed by atoms with van der Waals surface area (Å²) in [5.74, 6) is 3.57. The first-order valence-electron chi connectivity index (χ1n) is 15.5. The van der Waals surface area contributed by atoms with Crippen LogP contribution in [0.5, 0.6) is 11.5 Å². The molecule has 220 valence electrons. The zero-order chi connectivity index (χ0) is 30.5. The molecule has 0 aliphatic carbocycles. The Balaban J connectivity index is 1.35. The van der Waals surface area contributed by atoms with Crippen molar-refractivity contribution in [1.82, 2.24) is 9.55 Å². The highest BCUT2D eigenvalue weighted by molar-refractivity contribution is 6.09. The first-order chi connectivity index (χ1) is 21.3. The van der Waals surface area contributed by atoms with Gasteiger partial charge in [0, 0.05) is 29.1 Å². The van der Waals surface area contributed by atoms with Crippen LogP contribution in [-0.2, 0) is 0 Å². The maximum atomic E-state index is 6.65. The predicted molar refractivity (Wildman–Crippen MR) is 177 cm³/mol. The van der Waals surface area contributed by atoms with Gasteiger partial charge in [-0.2, -0.15) is 0 Å². The van der Waals surface area contributed by atoms with E-state index in [0.717, 1.165) is 50.5 Å². The minimum absolute atomic E-state index is 0.312. The average Bonchev–Trinajstić information content (AvgIpc) is 3.59. The van der Waals surface area contributed by atoms with Gasteiger partial charge < -0.3 is 9.15 Å². The summed E-state index contributed by atoms with van der Waals surface area (Å²) in [7, 11) is 0.